The number of phenols is 1. The second kappa shape index (κ2) is 3.57. The van der Waals surface area contributed by atoms with E-state index in [9.17, 15) is 9.90 Å². The zero-order valence-electron chi connectivity index (χ0n) is 9.03. The summed E-state index contributed by atoms with van der Waals surface area (Å²) >= 11 is 0. The van der Waals surface area contributed by atoms with Crippen LogP contribution >= 0.6 is 0 Å². The fourth-order valence-electron chi connectivity index (χ4n) is 1.94. The van der Waals surface area contributed by atoms with Crippen molar-refractivity contribution in [3.63, 3.8) is 0 Å². The highest BCUT2D eigenvalue weighted by atomic mass is 16.3. The van der Waals surface area contributed by atoms with Gasteiger partial charge in [0.15, 0.2) is 0 Å². The van der Waals surface area contributed by atoms with Crippen molar-refractivity contribution in [1.29, 1.82) is 0 Å². The standard InChI is InChI=1S/C12H15NO2/c1-8(2)13-7-9-3-4-11(14)5-10(9)6-12(13)15/h3-5,8,14H,6-7H2,1-2H3. The molecule has 1 aliphatic rings. The number of nitrogens with zero attached hydrogens (tertiary/aromatic N) is 1. The minimum atomic E-state index is 0.142. The third-order valence-corrected chi connectivity index (χ3v) is 2.82. The molecule has 1 amide bonds. The summed E-state index contributed by atoms with van der Waals surface area (Å²) in [4.78, 5) is 13.6. The van der Waals surface area contributed by atoms with Gasteiger partial charge in [-0.2, -0.15) is 0 Å². The smallest absolute Gasteiger partial charge is 0.227 e. The lowest BCUT2D eigenvalue weighted by Gasteiger charge is -2.32. The summed E-state index contributed by atoms with van der Waals surface area (Å²) < 4.78 is 0. The first-order valence-electron chi connectivity index (χ1n) is 5.18. The van der Waals surface area contributed by atoms with Crippen LogP contribution in [0.3, 0.4) is 0 Å². The molecule has 3 heteroatoms. The highest BCUT2D eigenvalue weighted by Crippen LogP contribution is 2.24. The van der Waals surface area contributed by atoms with Gasteiger partial charge in [-0.25, -0.2) is 0 Å². The fraction of sp³-hybridized carbons (Fsp3) is 0.417. The van der Waals surface area contributed by atoms with E-state index in [-0.39, 0.29) is 17.7 Å². The summed E-state index contributed by atoms with van der Waals surface area (Å²) in [5.74, 6) is 0.377. The quantitative estimate of drug-likeness (QED) is 0.757. The van der Waals surface area contributed by atoms with Gasteiger partial charge in [-0.3, -0.25) is 4.79 Å². The molecule has 1 aromatic rings. The summed E-state index contributed by atoms with van der Waals surface area (Å²) in [7, 11) is 0. The maximum Gasteiger partial charge on any atom is 0.227 e. The molecule has 0 atom stereocenters. The highest BCUT2D eigenvalue weighted by Gasteiger charge is 2.24. The number of fused-ring (bicyclic) bond motifs is 1. The normalized spacial score (nSPS) is 15.7. The number of aromatic hydroxyl groups is 1. The van der Waals surface area contributed by atoms with Gasteiger partial charge in [0, 0.05) is 12.6 Å². The van der Waals surface area contributed by atoms with Crippen LogP contribution in [0.5, 0.6) is 5.75 Å². The van der Waals surface area contributed by atoms with Gasteiger partial charge in [0.25, 0.3) is 0 Å². The number of hydrogen-bond acceptors (Lipinski definition) is 2. The molecule has 80 valence electrons. The maximum absolute atomic E-state index is 11.8. The molecule has 3 nitrogen and oxygen atoms in total. The molecule has 0 saturated heterocycles. The van der Waals surface area contributed by atoms with Crippen LogP contribution in [-0.4, -0.2) is 22.0 Å². The monoisotopic (exact) mass is 205 g/mol. The first kappa shape index (κ1) is 10.0. The van der Waals surface area contributed by atoms with E-state index in [4.69, 9.17) is 0 Å². The molecule has 15 heavy (non-hydrogen) atoms. The lowest BCUT2D eigenvalue weighted by atomic mass is 9.98. The van der Waals surface area contributed by atoms with Crippen LogP contribution in [0.1, 0.15) is 25.0 Å². The Kier molecular flexibility index (Phi) is 2.39. The molecule has 0 aromatic heterocycles. The minimum Gasteiger partial charge on any atom is -0.508 e. The van der Waals surface area contributed by atoms with Crippen LogP contribution in [0.4, 0.5) is 0 Å². The maximum atomic E-state index is 11.8. The SMILES string of the molecule is CC(C)N1Cc2ccc(O)cc2CC1=O. The molecule has 0 saturated carbocycles. The molecule has 0 bridgehead atoms. The van der Waals surface area contributed by atoms with Gasteiger partial charge in [-0.1, -0.05) is 6.07 Å². The summed E-state index contributed by atoms with van der Waals surface area (Å²) in [5.41, 5.74) is 2.10. The van der Waals surface area contributed by atoms with E-state index in [0.29, 0.717) is 13.0 Å². The number of carbonyl (C=O) groups excluding carboxylic acids is 1. The minimum absolute atomic E-state index is 0.142. The van der Waals surface area contributed by atoms with Crippen molar-refractivity contribution < 1.29 is 9.90 Å². The van der Waals surface area contributed by atoms with E-state index in [1.807, 2.05) is 24.8 Å². The number of phenolic OH excluding ortho intramolecular Hbond substituents is 1. The lowest BCUT2D eigenvalue weighted by Crippen LogP contribution is -2.40. The second-order valence-corrected chi connectivity index (χ2v) is 4.25. The topological polar surface area (TPSA) is 40.5 Å². The largest absolute Gasteiger partial charge is 0.508 e. The van der Waals surface area contributed by atoms with E-state index in [2.05, 4.69) is 0 Å². The molecule has 0 radical (unpaired) electrons. The molecule has 1 aliphatic heterocycles. The molecule has 0 spiro atoms. The summed E-state index contributed by atoms with van der Waals surface area (Å²) in [6, 6.07) is 5.49. The first-order chi connectivity index (χ1) is 7.08. The Hall–Kier alpha value is -1.51. The van der Waals surface area contributed by atoms with Crippen LogP contribution in [0.15, 0.2) is 18.2 Å². The van der Waals surface area contributed by atoms with Gasteiger partial charge < -0.3 is 10.0 Å². The van der Waals surface area contributed by atoms with Gasteiger partial charge in [0.1, 0.15) is 5.75 Å². The van der Waals surface area contributed by atoms with Crippen molar-refractivity contribution in [2.24, 2.45) is 0 Å². The van der Waals surface area contributed by atoms with E-state index in [0.717, 1.165) is 11.1 Å². The van der Waals surface area contributed by atoms with Crippen molar-refractivity contribution in [2.45, 2.75) is 32.9 Å². The van der Waals surface area contributed by atoms with Gasteiger partial charge >= 0.3 is 0 Å². The number of carbonyl (C=O) groups is 1. The van der Waals surface area contributed by atoms with Crippen LogP contribution in [0.25, 0.3) is 0 Å². The average Bonchev–Trinajstić information content (AvgIpc) is 2.15. The Bertz CT molecular complexity index is 399. The molecular weight excluding hydrogens is 190 g/mol. The number of hydrogen-bond donors (Lipinski definition) is 1. The molecule has 1 aromatic carbocycles. The van der Waals surface area contributed by atoms with Gasteiger partial charge in [0.05, 0.1) is 6.42 Å². The number of amides is 1. The molecule has 1 heterocycles. The summed E-state index contributed by atoms with van der Waals surface area (Å²) in [6.45, 7) is 4.69. The van der Waals surface area contributed by atoms with E-state index < -0.39 is 0 Å². The van der Waals surface area contributed by atoms with Gasteiger partial charge in [0.2, 0.25) is 5.91 Å². The summed E-state index contributed by atoms with van der Waals surface area (Å²) in [6.07, 6.45) is 0.405. The van der Waals surface area contributed by atoms with Crippen LogP contribution in [0, 0.1) is 0 Å². The van der Waals surface area contributed by atoms with Crippen molar-refractivity contribution >= 4 is 5.91 Å². The zero-order valence-corrected chi connectivity index (χ0v) is 9.03. The van der Waals surface area contributed by atoms with E-state index in [1.54, 1.807) is 12.1 Å². The van der Waals surface area contributed by atoms with Gasteiger partial charge in [-0.05, 0) is 37.1 Å². The predicted molar refractivity (Wildman–Crippen MR) is 57.5 cm³/mol. The molecule has 0 unspecified atom stereocenters. The van der Waals surface area contributed by atoms with Crippen molar-refractivity contribution in [1.82, 2.24) is 4.90 Å². The highest BCUT2D eigenvalue weighted by molar-refractivity contribution is 5.81. The average molecular weight is 205 g/mol. The van der Waals surface area contributed by atoms with Crippen LogP contribution < -0.4 is 0 Å². The fourth-order valence-corrected chi connectivity index (χ4v) is 1.94. The molecule has 2 rings (SSSR count). The van der Waals surface area contributed by atoms with Gasteiger partial charge in [-0.15, -0.1) is 0 Å². The van der Waals surface area contributed by atoms with Crippen molar-refractivity contribution in [3.05, 3.63) is 29.3 Å². The van der Waals surface area contributed by atoms with Crippen LogP contribution in [-0.2, 0) is 17.8 Å². The molecule has 1 N–H and O–H groups in total. The Labute approximate surface area is 89.3 Å². The van der Waals surface area contributed by atoms with Crippen LogP contribution in [0.2, 0.25) is 0 Å². The van der Waals surface area contributed by atoms with E-state index >= 15 is 0 Å². The van der Waals surface area contributed by atoms with E-state index in [1.165, 1.54) is 0 Å². The Morgan fingerprint density at radius 1 is 1.33 bits per heavy atom. The van der Waals surface area contributed by atoms with Crippen molar-refractivity contribution in [3.8, 4) is 5.75 Å². The third-order valence-electron chi connectivity index (χ3n) is 2.82. The van der Waals surface area contributed by atoms with Crippen molar-refractivity contribution in [2.75, 3.05) is 0 Å². The predicted octanol–water partition coefficient (Wildman–Crippen LogP) is 1.69. The number of benzene rings is 1. The molecule has 0 aliphatic carbocycles. The first-order valence-corrected chi connectivity index (χ1v) is 5.18. The lowest BCUT2D eigenvalue weighted by molar-refractivity contribution is -0.133. The Morgan fingerprint density at radius 3 is 2.73 bits per heavy atom. The third kappa shape index (κ3) is 1.82. The second-order valence-electron chi connectivity index (χ2n) is 4.25. The zero-order chi connectivity index (χ0) is 11.0. The summed E-state index contributed by atoms with van der Waals surface area (Å²) in [5, 5.41) is 9.32. The number of rotatable bonds is 1. The Morgan fingerprint density at radius 2 is 2.07 bits per heavy atom. The Balaban J connectivity index is 2.34. The molecular formula is C12H15NO2. The molecule has 0 fully saturated rings.